The standard InChI is InChI=1S/C23H22Cl2N2O3/c1-29-17-5-8-23(30-2)20(11-17)26-12-16(28)13-27-21-6-3-14(24)9-18(21)19-10-15(25)4-7-22(19)27/h3-11,16,26,28H,12-13H2,1-2H3/t16-/m1/s1. The van der Waals surface area contributed by atoms with E-state index in [4.69, 9.17) is 32.7 Å². The van der Waals surface area contributed by atoms with Gasteiger partial charge >= 0.3 is 0 Å². The Labute approximate surface area is 184 Å². The Morgan fingerprint density at radius 1 is 0.900 bits per heavy atom. The molecule has 2 N–H and O–H groups in total. The molecule has 0 aliphatic carbocycles. The highest BCUT2D eigenvalue weighted by Gasteiger charge is 2.15. The first-order valence-electron chi connectivity index (χ1n) is 9.51. The van der Waals surface area contributed by atoms with Crippen molar-refractivity contribution >= 4 is 50.7 Å². The molecule has 0 aliphatic heterocycles. The zero-order valence-electron chi connectivity index (χ0n) is 16.7. The lowest BCUT2D eigenvalue weighted by atomic mass is 10.1. The van der Waals surface area contributed by atoms with E-state index in [2.05, 4.69) is 9.88 Å². The highest BCUT2D eigenvalue weighted by atomic mass is 35.5. The van der Waals surface area contributed by atoms with Crippen molar-refractivity contribution in [3.8, 4) is 11.5 Å². The minimum absolute atomic E-state index is 0.339. The Bertz CT molecular complexity index is 1150. The van der Waals surface area contributed by atoms with Crippen molar-refractivity contribution < 1.29 is 14.6 Å². The van der Waals surface area contributed by atoms with Crippen LogP contribution in [0.2, 0.25) is 10.0 Å². The zero-order valence-corrected chi connectivity index (χ0v) is 18.2. The van der Waals surface area contributed by atoms with Crippen LogP contribution >= 0.6 is 23.2 Å². The van der Waals surface area contributed by atoms with Crippen LogP contribution in [0.1, 0.15) is 0 Å². The Morgan fingerprint density at radius 2 is 1.53 bits per heavy atom. The molecule has 5 nitrogen and oxygen atoms in total. The predicted octanol–water partition coefficient (Wildman–Crippen LogP) is 5.59. The Kier molecular flexibility index (Phi) is 5.95. The summed E-state index contributed by atoms with van der Waals surface area (Å²) >= 11 is 12.4. The second-order valence-electron chi connectivity index (χ2n) is 7.03. The largest absolute Gasteiger partial charge is 0.497 e. The molecule has 0 fully saturated rings. The summed E-state index contributed by atoms with van der Waals surface area (Å²) in [4.78, 5) is 0. The second kappa shape index (κ2) is 8.64. The van der Waals surface area contributed by atoms with Gasteiger partial charge in [-0.2, -0.15) is 0 Å². The number of anilines is 1. The number of nitrogens with one attached hydrogen (secondary N) is 1. The lowest BCUT2D eigenvalue weighted by Crippen LogP contribution is -2.25. The summed E-state index contributed by atoms with van der Waals surface area (Å²) in [5.41, 5.74) is 2.75. The molecule has 1 aromatic heterocycles. The van der Waals surface area contributed by atoms with E-state index < -0.39 is 6.10 Å². The van der Waals surface area contributed by atoms with Crippen molar-refractivity contribution in [2.75, 3.05) is 26.1 Å². The van der Waals surface area contributed by atoms with Gasteiger partial charge in [0.25, 0.3) is 0 Å². The van der Waals surface area contributed by atoms with Crippen molar-refractivity contribution in [1.29, 1.82) is 0 Å². The molecule has 4 rings (SSSR count). The molecule has 0 bridgehead atoms. The van der Waals surface area contributed by atoms with Crippen molar-refractivity contribution in [2.45, 2.75) is 12.6 Å². The van der Waals surface area contributed by atoms with Gasteiger partial charge in [0.1, 0.15) is 11.5 Å². The monoisotopic (exact) mass is 444 g/mol. The summed E-state index contributed by atoms with van der Waals surface area (Å²) in [6, 6.07) is 17.0. The molecule has 156 valence electrons. The van der Waals surface area contributed by atoms with E-state index in [1.54, 1.807) is 14.2 Å². The van der Waals surface area contributed by atoms with Gasteiger partial charge in [0.2, 0.25) is 0 Å². The Morgan fingerprint density at radius 3 is 2.10 bits per heavy atom. The van der Waals surface area contributed by atoms with E-state index in [0.29, 0.717) is 34.6 Å². The number of hydrogen-bond donors (Lipinski definition) is 2. The molecule has 0 radical (unpaired) electrons. The predicted molar refractivity (Wildman–Crippen MR) is 124 cm³/mol. The maximum absolute atomic E-state index is 10.8. The number of benzene rings is 3. The molecular formula is C23H22Cl2N2O3. The minimum Gasteiger partial charge on any atom is -0.497 e. The molecule has 30 heavy (non-hydrogen) atoms. The van der Waals surface area contributed by atoms with Gasteiger partial charge in [-0.05, 0) is 48.5 Å². The van der Waals surface area contributed by atoms with Crippen molar-refractivity contribution in [3.05, 3.63) is 64.6 Å². The molecule has 4 aromatic rings. The lowest BCUT2D eigenvalue weighted by molar-refractivity contribution is 0.169. The molecule has 0 saturated carbocycles. The number of aliphatic hydroxyl groups excluding tert-OH is 1. The van der Waals surface area contributed by atoms with Crippen molar-refractivity contribution in [3.63, 3.8) is 0 Å². The maximum atomic E-state index is 10.8. The topological polar surface area (TPSA) is 55.6 Å². The third-order valence-electron chi connectivity index (χ3n) is 5.12. The highest BCUT2D eigenvalue weighted by molar-refractivity contribution is 6.33. The van der Waals surface area contributed by atoms with Gasteiger partial charge in [0.15, 0.2) is 0 Å². The van der Waals surface area contributed by atoms with E-state index >= 15 is 0 Å². The third-order valence-corrected chi connectivity index (χ3v) is 5.59. The van der Waals surface area contributed by atoms with Crippen LogP contribution in [0.5, 0.6) is 11.5 Å². The van der Waals surface area contributed by atoms with Crippen LogP contribution in [0.25, 0.3) is 21.8 Å². The van der Waals surface area contributed by atoms with Gasteiger partial charge in [-0.25, -0.2) is 0 Å². The van der Waals surface area contributed by atoms with E-state index in [1.165, 1.54) is 0 Å². The Balaban J connectivity index is 1.61. The number of nitrogens with zero attached hydrogens (tertiary/aromatic N) is 1. The number of methoxy groups -OCH3 is 2. The van der Waals surface area contributed by atoms with E-state index in [-0.39, 0.29) is 0 Å². The van der Waals surface area contributed by atoms with Gasteiger partial charge in [-0.1, -0.05) is 23.2 Å². The van der Waals surface area contributed by atoms with Crippen LogP contribution in [-0.4, -0.2) is 36.5 Å². The summed E-state index contributed by atoms with van der Waals surface area (Å²) in [7, 11) is 3.22. The average Bonchev–Trinajstić information content (AvgIpc) is 3.04. The molecule has 0 saturated heterocycles. The fourth-order valence-corrected chi connectivity index (χ4v) is 4.04. The second-order valence-corrected chi connectivity index (χ2v) is 7.91. The Hall–Kier alpha value is -2.60. The van der Waals surface area contributed by atoms with E-state index in [1.807, 2.05) is 54.6 Å². The molecule has 1 heterocycles. The van der Waals surface area contributed by atoms with Gasteiger partial charge in [0.05, 0.1) is 32.6 Å². The normalized spacial score (nSPS) is 12.3. The number of aromatic nitrogens is 1. The van der Waals surface area contributed by atoms with Gasteiger partial charge in [-0.15, -0.1) is 0 Å². The summed E-state index contributed by atoms with van der Waals surface area (Å²) in [6.07, 6.45) is -0.647. The average molecular weight is 445 g/mol. The fraction of sp³-hybridized carbons (Fsp3) is 0.217. The number of fused-ring (bicyclic) bond motifs is 3. The molecule has 0 unspecified atom stereocenters. The summed E-state index contributed by atoms with van der Waals surface area (Å²) in [5.74, 6) is 1.40. The number of ether oxygens (including phenoxy) is 2. The van der Waals surface area contributed by atoms with Crippen LogP contribution in [0.3, 0.4) is 0 Å². The maximum Gasteiger partial charge on any atom is 0.142 e. The zero-order chi connectivity index (χ0) is 21.3. The van der Waals surface area contributed by atoms with Crippen molar-refractivity contribution in [1.82, 2.24) is 4.57 Å². The van der Waals surface area contributed by atoms with Crippen LogP contribution in [0, 0.1) is 0 Å². The molecule has 7 heteroatoms. The summed E-state index contributed by atoms with van der Waals surface area (Å²) in [6.45, 7) is 0.744. The highest BCUT2D eigenvalue weighted by Crippen LogP contribution is 2.33. The van der Waals surface area contributed by atoms with E-state index in [0.717, 1.165) is 27.5 Å². The van der Waals surface area contributed by atoms with Crippen LogP contribution in [0.4, 0.5) is 5.69 Å². The molecule has 0 aliphatic rings. The van der Waals surface area contributed by atoms with Gasteiger partial charge < -0.3 is 24.5 Å². The summed E-state index contributed by atoms with van der Waals surface area (Å²) in [5, 5.41) is 17.4. The number of rotatable bonds is 7. The number of halogens is 2. The van der Waals surface area contributed by atoms with Gasteiger partial charge in [-0.3, -0.25) is 0 Å². The SMILES string of the molecule is COc1ccc(OC)c(NC[C@@H](O)Cn2c3ccc(Cl)cc3c3cc(Cl)ccc32)c1. The molecule has 1 atom stereocenters. The molecule has 0 amide bonds. The van der Waals surface area contributed by atoms with Crippen LogP contribution < -0.4 is 14.8 Å². The third kappa shape index (κ3) is 4.01. The quantitative estimate of drug-likeness (QED) is 0.389. The molecule has 0 spiro atoms. The molecular weight excluding hydrogens is 423 g/mol. The lowest BCUT2D eigenvalue weighted by Gasteiger charge is -2.17. The fourth-order valence-electron chi connectivity index (χ4n) is 3.70. The summed E-state index contributed by atoms with van der Waals surface area (Å²) < 4.78 is 12.8. The smallest absolute Gasteiger partial charge is 0.142 e. The van der Waals surface area contributed by atoms with E-state index in [9.17, 15) is 5.11 Å². The first kappa shape index (κ1) is 20.7. The van der Waals surface area contributed by atoms with Gasteiger partial charge in [0, 0.05) is 44.5 Å². The first-order valence-corrected chi connectivity index (χ1v) is 10.3. The van der Waals surface area contributed by atoms with Crippen molar-refractivity contribution in [2.24, 2.45) is 0 Å². The number of hydrogen-bond acceptors (Lipinski definition) is 4. The van der Waals surface area contributed by atoms with Crippen LogP contribution in [0.15, 0.2) is 54.6 Å². The first-order chi connectivity index (χ1) is 14.5. The number of aliphatic hydroxyl groups is 1. The minimum atomic E-state index is -0.647. The van der Waals surface area contributed by atoms with Crippen LogP contribution in [-0.2, 0) is 6.54 Å². The molecule has 3 aromatic carbocycles.